The van der Waals surface area contributed by atoms with Gasteiger partial charge in [-0.05, 0) is 12.5 Å². The summed E-state index contributed by atoms with van der Waals surface area (Å²) in [5.74, 6) is 0.172. The summed E-state index contributed by atoms with van der Waals surface area (Å²) < 4.78 is 0. The van der Waals surface area contributed by atoms with Crippen molar-refractivity contribution in [2.24, 2.45) is 0 Å². The molecule has 5 nitrogen and oxygen atoms in total. The van der Waals surface area contributed by atoms with Gasteiger partial charge in [0.15, 0.2) is 5.78 Å². The highest BCUT2D eigenvalue weighted by molar-refractivity contribution is 6.33. The van der Waals surface area contributed by atoms with E-state index in [1.54, 1.807) is 6.07 Å². The Bertz CT molecular complexity index is 476. The first-order chi connectivity index (χ1) is 8.08. The monoisotopic (exact) mass is 254 g/mol. The van der Waals surface area contributed by atoms with Crippen molar-refractivity contribution in [2.75, 3.05) is 18.0 Å². The van der Waals surface area contributed by atoms with Crippen LogP contribution in [0, 0.1) is 10.1 Å². The van der Waals surface area contributed by atoms with Crippen molar-refractivity contribution < 1.29 is 9.72 Å². The molecule has 0 spiro atoms. The van der Waals surface area contributed by atoms with Crippen molar-refractivity contribution in [1.82, 2.24) is 0 Å². The van der Waals surface area contributed by atoms with Gasteiger partial charge >= 0.3 is 0 Å². The third kappa shape index (κ3) is 2.55. The Morgan fingerprint density at radius 1 is 1.41 bits per heavy atom. The Balaban J connectivity index is 2.26. The average Bonchev–Trinajstić information content (AvgIpc) is 2.28. The molecule has 0 bridgehead atoms. The smallest absolute Gasteiger partial charge is 0.271 e. The lowest BCUT2D eigenvalue weighted by Crippen LogP contribution is -2.35. The summed E-state index contributed by atoms with van der Waals surface area (Å²) >= 11 is 6.00. The highest BCUT2D eigenvalue weighted by Gasteiger charge is 2.20. The second kappa shape index (κ2) is 4.71. The first kappa shape index (κ1) is 11.9. The fourth-order valence-corrected chi connectivity index (χ4v) is 2.20. The molecular weight excluding hydrogens is 244 g/mol. The van der Waals surface area contributed by atoms with Crippen LogP contribution in [0.25, 0.3) is 0 Å². The van der Waals surface area contributed by atoms with Crippen LogP contribution in [0.15, 0.2) is 18.2 Å². The van der Waals surface area contributed by atoms with E-state index in [1.807, 2.05) is 4.90 Å². The number of rotatable bonds is 2. The molecule has 1 saturated heterocycles. The molecule has 0 aromatic heterocycles. The predicted octanol–water partition coefficient (Wildman–Crippen LogP) is 2.42. The van der Waals surface area contributed by atoms with Gasteiger partial charge in [-0.1, -0.05) is 11.6 Å². The van der Waals surface area contributed by atoms with Crippen molar-refractivity contribution >= 4 is 28.8 Å². The Kier molecular flexibility index (Phi) is 3.28. The Morgan fingerprint density at radius 2 is 2.18 bits per heavy atom. The number of carbonyl (C=O) groups excluding carboxylic acids is 1. The predicted molar refractivity (Wildman–Crippen MR) is 64.6 cm³/mol. The van der Waals surface area contributed by atoms with E-state index in [2.05, 4.69) is 0 Å². The molecule has 0 aliphatic carbocycles. The van der Waals surface area contributed by atoms with Crippen LogP contribution in [0.1, 0.15) is 12.8 Å². The molecule has 0 radical (unpaired) electrons. The van der Waals surface area contributed by atoms with E-state index in [-0.39, 0.29) is 11.5 Å². The number of anilines is 1. The molecule has 0 amide bonds. The minimum absolute atomic E-state index is 0.0397. The van der Waals surface area contributed by atoms with Gasteiger partial charge in [-0.25, -0.2) is 0 Å². The van der Waals surface area contributed by atoms with Crippen LogP contribution in [0.4, 0.5) is 11.4 Å². The third-order valence-corrected chi connectivity index (χ3v) is 3.04. The minimum Gasteiger partial charge on any atom is -0.363 e. The van der Waals surface area contributed by atoms with Crippen molar-refractivity contribution in [3.8, 4) is 0 Å². The maximum absolute atomic E-state index is 11.3. The molecule has 1 fully saturated rings. The standard InChI is InChI=1S/C11H11ClN2O3/c12-10-6-8(14(16)17)3-4-11(10)13-5-1-2-9(15)7-13/h3-4,6H,1-2,5,7H2. The number of nitro groups is 1. The summed E-state index contributed by atoms with van der Waals surface area (Å²) in [6, 6.07) is 4.31. The zero-order valence-electron chi connectivity index (χ0n) is 9.06. The molecule has 1 aromatic carbocycles. The average molecular weight is 255 g/mol. The van der Waals surface area contributed by atoms with Crippen molar-refractivity contribution in [1.29, 1.82) is 0 Å². The van der Waals surface area contributed by atoms with E-state index in [4.69, 9.17) is 11.6 Å². The maximum atomic E-state index is 11.3. The van der Waals surface area contributed by atoms with E-state index in [9.17, 15) is 14.9 Å². The lowest BCUT2D eigenvalue weighted by molar-refractivity contribution is -0.384. The number of benzene rings is 1. The van der Waals surface area contributed by atoms with Crippen LogP contribution in [-0.4, -0.2) is 23.8 Å². The molecule has 1 heterocycles. The van der Waals surface area contributed by atoms with Gasteiger partial charge in [0.25, 0.3) is 5.69 Å². The number of ketones is 1. The first-order valence-electron chi connectivity index (χ1n) is 5.28. The summed E-state index contributed by atoms with van der Waals surface area (Å²) in [4.78, 5) is 23.3. The lowest BCUT2D eigenvalue weighted by Gasteiger charge is -2.28. The number of halogens is 1. The van der Waals surface area contributed by atoms with Crippen LogP contribution >= 0.6 is 11.6 Å². The molecule has 6 heteroatoms. The van der Waals surface area contributed by atoms with Crippen LogP contribution in [-0.2, 0) is 4.79 Å². The van der Waals surface area contributed by atoms with Crippen molar-refractivity contribution in [3.63, 3.8) is 0 Å². The minimum atomic E-state index is -0.489. The zero-order valence-corrected chi connectivity index (χ0v) is 9.81. The van der Waals surface area contributed by atoms with Crippen molar-refractivity contribution in [3.05, 3.63) is 33.3 Å². The fraction of sp³-hybridized carbons (Fsp3) is 0.364. The second-order valence-electron chi connectivity index (χ2n) is 3.96. The topological polar surface area (TPSA) is 63.5 Å². The molecule has 1 aromatic rings. The highest BCUT2D eigenvalue weighted by atomic mass is 35.5. The molecule has 0 saturated carbocycles. The molecule has 90 valence electrons. The van der Waals surface area contributed by atoms with Crippen LogP contribution < -0.4 is 4.90 Å². The number of carbonyl (C=O) groups is 1. The Hall–Kier alpha value is -1.62. The quantitative estimate of drug-likeness (QED) is 0.601. The van der Waals surface area contributed by atoms with Crippen LogP contribution in [0.3, 0.4) is 0 Å². The Labute approximate surface area is 103 Å². The van der Waals surface area contributed by atoms with Gasteiger partial charge in [0.2, 0.25) is 0 Å². The fourth-order valence-electron chi connectivity index (χ4n) is 1.91. The van der Waals surface area contributed by atoms with Gasteiger partial charge in [-0.3, -0.25) is 14.9 Å². The van der Waals surface area contributed by atoms with Gasteiger partial charge < -0.3 is 4.90 Å². The van der Waals surface area contributed by atoms with Gasteiger partial charge in [0.05, 0.1) is 22.2 Å². The van der Waals surface area contributed by atoms with Gasteiger partial charge in [-0.15, -0.1) is 0 Å². The van der Waals surface area contributed by atoms with E-state index >= 15 is 0 Å². The number of hydrogen-bond donors (Lipinski definition) is 0. The summed E-state index contributed by atoms with van der Waals surface area (Å²) in [6.45, 7) is 1.08. The largest absolute Gasteiger partial charge is 0.363 e. The molecule has 17 heavy (non-hydrogen) atoms. The number of nitrogens with zero attached hydrogens (tertiary/aromatic N) is 2. The van der Waals surface area contributed by atoms with Crippen LogP contribution in [0.2, 0.25) is 5.02 Å². The molecule has 0 N–H and O–H groups in total. The molecule has 2 rings (SSSR count). The number of hydrogen-bond acceptors (Lipinski definition) is 4. The molecule has 0 atom stereocenters. The second-order valence-corrected chi connectivity index (χ2v) is 4.36. The summed E-state index contributed by atoms with van der Waals surface area (Å²) in [5, 5.41) is 10.9. The van der Waals surface area contributed by atoms with E-state index in [1.165, 1.54) is 12.1 Å². The number of non-ortho nitro benzene ring substituents is 1. The van der Waals surface area contributed by atoms with Crippen molar-refractivity contribution in [2.45, 2.75) is 12.8 Å². The summed E-state index contributed by atoms with van der Waals surface area (Å²) in [5.41, 5.74) is 0.646. The Morgan fingerprint density at radius 3 is 2.76 bits per heavy atom. The van der Waals surface area contributed by atoms with E-state index in [0.717, 1.165) is 13.0 Å². The number of nitro benzene ring substituents is 1. The number of Topliss-reactive ketones (excluding diaryl/α,β-unsaturated/α-hetero) is 1. The highest BCUT2D eigenvalue weighted by Crippen LogP contribution is 2.30. The molecule has 1 aliphatic rings. The summed E-state index contributed by atoms with van der Waals surface area (Å²) in [6.07, 6.45) is 1.40. The third-order valence-electron chi connectivity index (χ3n) is 2.73. The molecular formula is C11H11ClN2O3. The molecule has 1 aliphatic heterocycles. The van der Waals surface area contributed by atoms with Crippen LogP contribution in [0.5, 0.6) is 0 Å². The zero-order chi connectivity index (χ0) is 12.4. The number of piperidine rings is 1. The van der Waals surface area contributed by atoms with Gasteiger partial charge in [0.1, 0.15) is 0 Å². The first-order valence-corrected chi connectivity index (χ1v) is 5.66. The lowest BCUT2D eigenvalue weighted by atomic mass is 10.1. The SMILES string of the molecule is O=C1CCCN(c2ccc([N+](=O)[O-])cc2Cl)C1. The summed E-state index contributed by atoms with van der Waals surface area (Å²) in [7, 11) is 0. The maximum Gasteiger partial charge on any atom is 0.271 e. The molecule has 0 unspecified atom stereocenters. The van der Waals surface area contributed by atoms with Gasteiger partial charge in [-0.2, -0.15) is 0 Å². The normalized spacial score (nSPS) is 16.1. The van der Waals surface area contributed by atoms with Gasteiger partial charge in [0, 0.05) is 25.1 Å². The van der Waals surface area contributed by atoms with E-state index < -0.39 is 4.92 Å². The van der Waals surface area contributed by atoms with E-state index in [0.29, 0.717) is 23.7 Å².